The van der Waals surface area contributed by atoms with Crippen LogP contribution in [-0.4, -0.2) is 45.1 Å². The van der Waals surface area contributed by atoms with Gasteiger partial charge in [-0.2, -0.15) is 0 Å². The number of unbranched alkanes of at least 4 members (excludes halogenated alkanes) is 1. The molecule has 2 heterocycles. The third-order valence-electron chi connectivity index (χ3n) is 5.69. The molecule has 3 aromatic rings. The zero-order valence-electron chi connectivity index (χ0n) is 22.2. The van der Waals surface area contributed by atoms with Crippen LogP contribution >= 0.6 is 0 Å². The molecule has 8 heteroatoms. The van der Waals surface area contributed by atoms with Crippen LogP contribution in [0.25, 0.3) is 21.9 Å². The van der Waals surface area contributed by atoms with E-state index in [1.807, 2.05) is 52.0 Å². The number of carbonyl (C=O) groups excluding carboxylic acids is 1. The maximum absolute atomic E-state index is 12.6. The molecule has 0 atom stereocenters. The Morgan fingerprint density at radius 1 is 1.11 bits per heavy atom. The number of benzene rings is 1. The lowest BCUT2D eigenvalue weighted by molar-refractivity contribution is -0.0892. The highest BCUT2D eigenvalue weighted by molar-refractivity contribution is 6.06. The molecule has 0 aliphatic rings. The van der Waals surface area contributed by atoms with E-state index in [-0.39, 0.29) is 6.61 Å². The third kappa shape index (κ3) is 6.84. The minimum Gasteiger partial charge on any atom is -0.431 e. The Bertz CT molecular complexity index is 1170. The van der Waals surface area contributed by atoms with Crippen LogP contribution < -0.4 is 5.73 Å². The van der Waals surface area contributed by atoms with Crippen LogP contribution in [0.5, 0.6) is 0 Å². The predicted octanol–water partition coefficient (Wildman–Crippen LogP) is 5.89. The van der Waals surface area contributed by atoms with Crippen LogP contribution in [0.15, 0.2) is 24.3 Å². The lowest BCUT2D eigenvalue weighted by Gasteiger charge is -2.29. The summed E-state index contributed by atoms with van der Waals surface area (Å²) in [4.78, 5) is 22.0. The van der Waals surface area contributed by atoms with Gasteiger partial charge in [-0.15, -0.1) is 0 Å². The van der Waals surface area contributed by atoms with Gasteiger partial charge in [0.2, 0.25) is 0 Å². The van der Waals surface area contributed by atoms with E-state index in [9.17, 15) is 4.79 Å². The number of aromatic nitrogens is 3. The quantitative estimate of drug-likeness (QED) is 0.338. The van der Waals surface area contributed by atoms with Crippen molar-refractivity contribution in [3.8, 4) is 0 Å². The molecule has 192 valence electrons. The molecule has 35 heavy (non-hydrogen) atoms. The summed E-state index contributed by atoms with van der Waals surface area (Å²) in [5, 5.41) is 0.967. The first kappa shape index (κ1) is 26.7. The van der Waals surface area contributed by atoms with E-state index < -0.39 is 17.4 Å². The van der Waals surface area contributed by atoms with Gasteiger partial charge in [0.05, 0.1) is 23.2 Å². The largest absolute Gasteiger partial charge is 0.508 e. The van der Waals surface area contributed by atoms with E-state index >= 15 is 0 Å². The number of rotatable bonds is 11. The highest BCUT2D eigenvalue weighted by Gasteiger charge is 2.30. The van der Waals surface area contributed by atoms with Gasteiger partial charge in [0.15, 0.2) is 5.82 Å². The van der Waals surface area contributed by atoms with Crippen LogP contribution in [0.4, 0.5) is 10.6 Å². The molecule has 3 rings (SSSR count). The van der Waals surface area contributed by atoms with Crippen LogP contribution in [0, 0.1) is 5.92 Å². The van der Waals surface area contributed by atoms with Crippen molar-refractivity contribution in [1.82, 2.24) is 14.5 Å². The van der Waals surface area contributed by atoms with E-state index in [4.69, 9.17) is 24.9 Å². The number of carbonyl (C=O) groups is 1. The summed E-state index contributed by atoms with van der Waals surface area (Å²) >= 11 is 0. The first-order chi connectivity index (χ1) is 16.4. The maximum Gasteiger partial charge on any atom is 0.508 e. The number of pyridine rings is 1. The number of anilines is 1. The summed E-state index contributed by atoms with van der Waals surface area (Å²) in [6, 6.07) is 7.88. The molecule has 0 saturated carbocycles. The summed E-state index contributed by atoms with van der Waals surface area (Å²) < 4.78 is 19.2. The molecule has 0 saturated heterocycles. The molecule has 0 unspecified atom stereocenters. The molecule has 0 amide bonds. The zero-order chi connectivity index (χ0) is 25.8. The van der Waals surface area contributed by atoms with Gasteiger partial charge in [0.1, 0.15) is 23.5 Å². The topological polar surface area (TPSA) is 101 Å². The lowest BCUT2D eigenvalue weighted by atomic mass is 10.1. The summed E-state index contributed by atoms with van der Waals surface area (Å²) in [6.45, 7) is 14.9. The fourth-order valence-corrected chi connectivity index (χ4v) is 3.94. The van der Waals surface area contributed by atoms with Crippen molar-refractivity contribution < 1.29 is 19.0 Å². The molecule has 0 bridgehead atoms. The Hall–Kier alpha value is -2.87. The van der Waals surface area contributed by atoms with Gasteiger partial charge < -0.3 is 24.5 Å². The Kier molecular flexibility index (Phi) is 8.26. The number of hydrogen-bond acceptors (Lipinski definition) is 7. The van der Waals surface area contributed by atoms with Gasteiger partial charge in [-0.3, -0.25) is 0 Å². The SMILES string of the molecule is CCCCc1nc2c(N)nc3ccccc3c2n1CC(C)(C)OC(=O)OCC(C)(C)OCC(C)C. The molecule has 2 N–H and O–H groups in total. The van der Waals surface area contributed by atoms with Crippen molar-refractivity contribution in [3.05, 3.63) is 30.1 Å². The van der Waals surface area contributed by atoms with Gasteiger partial charge in [0.25, 0.3) is 0 Å². The van der Waals surface area contributed by atoms with Crippen molar-refractivity contribution in [3.63, 3.8) is 0 Å². The minimum atomic E-state index is -0.853. The number of fused-ring (bicyclic) bond motifs is 3. The Balaban J connectivity index is 1.84. The summed E-state index contributed by atoms with van der Waals surface area (Å²) in [5.74, 6) is 1.70. The van der Waals surface area contributed by atoms with Crippen molar-refractivity contribution in [2.75, 3.05) is 18.9 Å². The molecule has 0 aliphatic heterocycles. The third-order valence-corrected chi connectivity index (χ3v) is 5.69. The molecular formula is C27H40N4O4. The van der Waals surface area contributed by atoms with Crippen LogP contribution in [-0.2, 0) is 27.2 Å². The minimum absolute atomic E-state index is 0.108. The van der Waals surface area contributed by atoms with Crippen molar-refractivity contribution in [2.24, 2.45) is 5.92 Å². The normalized spacial score (nSPS) is 12.6. The molecular weight excluding hydrogens is 444 g/mol. The monoisotopic (exact) mass is 484 g/mol. The molecule has 0 fully saturated rings. The summed E-state index contributed by atoms with van der Waals surface area (Å²) in [7, 11) is 0. The average Bonchev–Trinajstić information content (AvgIpc) is 3.13. The smallest absolute Gasteiger partial charge is 0.431 e. The first-order valence-electron chi connectivity index (χ1n) is 12.5. The average molecular weight is 485 g/mol. The van der Waals surface area contributed by atoms with E-state index in [0.717, 1.165) is 41.5 Å². The van der Waals surface area contributed by atoms with Crippen molar-refractivity contribution in [1.29, 1.82) is 0 Å². The summed E-state index contributed by atoms with van der Waals surface area (Å²) in [5.41, 5.74) is 7.25. The van der Waals surface area contributed by atoms with Crippen LogP contribution in [0.1, 0.15) is 67.1 Å². The van der Waals surface area contributed by atoms with E-state index in [0.29, 0.717) is 30.4 Å². The number of aryl methyl sites for hydroxylation is 1. The second-order valence-electron chi connectivity index (χ2n) is 10.8. The fourth-order valence-electron chi connectivity index (χ4n) is 3.94. The van der Waals surface area contributed by atoms with Crippen molar-refractivity contribution in [2.45, 2.75) is 85.5 Å². The molecule has 0 radical (unpaired) electrons. The number of para-hydroxylation sites is 1. The highest BCUT2D eigenvalue weighted by Crippen LogP contribution is 2.31. The number of nitrogens with zero attached hydrogens (tertiary/aromatic N) is 3. The van der Waals surface area contributed by atoms with E-state index in [2.05, 4.69) is 30.3 Å². The van der Waals surface area contributed by atoms with Gasteiger partial charge >= 0.3 is 6.16 Å². The van der Waals surface area contributed by atoms with Gasteiger partial charge in [-0.1, -0.05) is 45.4 Å². The second kappa shape index (κ2) is 10.8. The standard InChI is InChI=1S/C27H40N4O4/c1-8-9-14-21-30-22-23(19-12-10-11-13-20(19)29-24(22)28)31(21)16-26(4,5)35-25(32)33-17-27(6,7)34-15-18(2)3/h10-13,18H,8-9,14-17H2,1-7H3,(H2,28,29). The molecule has 0 aliphatic carbocycles. The Morgan fingerprint density at radius 2 is 1.83 bits per heavy atom. The Morgan fingerprint density at radius 3 is 2.51 bits per heavy atom. The molecule has 0 spiro atoms. The van der Waals surface area contributed by atoms with Gasteiger partial charge in [0, 0.05) is 18.4 Å². The second-order valence-corrected chi connectivity index (χ2v) is 10.8. The van der Waals surface area contributed by atoms with E-state index in [1.54, 1.807) is 0 Å². The number of hydrogen-bond donors (Lipinski definition) is 1. The molecule has 1 aromatic carbocycles. The number of nitrogens with two attached hydrogens (primary N) is 1. The van der Waals surface area contributed by atoms with Crippen LogP contribution in [0.2, 0.25) is 0 Å². The fraction of sp³-hybridized carbons (Fsp3) is 0.593. The number of ether oxygens (including phenoxy) is 3. The zero-order valence-corrected chi connectivity index (χ0v) is 22.2. The predicted molar refractivity (Wildman–Crippen MR) is 139 cm³/mol. The van der Waals surface area contributed by atoms with E-state index in [1.165, 1.54) is 0 Å². The lowest BCUT2D eigenvalue weighted by Crippen LogP contribution is -2.37. The van der Waals surface area contributed by atoms with Crippen molar-refractivity contribution >= 4 is 33.9 Å². The maximum atomic E-state index is 12.6. The first-order valence-corrected chi connectivity index (χ1v) is 12.5. The highest BCUT2D eigenvalue weighted by atomic mass is 16.7. The molecule has 8 nitrogen and oxygen atoms in total. The molecule has 2 aromatic heterocycles. The van der Waals surface area contributed by atoms with Gasteiger partial charge in [-0.05, 0) is 46.1 Å². The summed E-state index contributed by atoms with van der Waals surface area (Å²) in [6.07, 6.45) is 2.10. The van der Waals surface area contributed by atoms with Crippen LogP contribution in [0.3, 0.4) is 0 Å². The number of nitrogen functional groups attached to an aromatic ring is 1. The van der Waals surface area contributed by atoms with Gasteiger partial charge in [-0.25, -0.2) is 14.8 Å². The Labute approximate surface area is 208 Å². The number of imidazole rings is 1.